The van der Waals surface area contributed by atoms with E-state index in [9.17, 15) is 27.9 Å². The van der Waals surface area contributed by atoms with Crippen molar-refractivity contribution in [2.24, 2.45) is 0 Å². The molecule has 0 radical (unpaired) electrons. The first-order chi connectivity index (χ1) is 13.2. The zero-order chi connectivity index (χ0) is 20.7. The fourth-order valence-corrected chi connectivity index (χ4v) is 2.87. The molecular formula is C18H19F3N2O4S. The molecule has 10 heteroatoms. The number of thiophene rings is 1. The van der Waals surface area contributed by atoms with Gasteiger partial charge in [-0.15, -0.1) is 11.3 Å². The Labute approximate surface area is 163 Å². The summed E-state index contributed by atoms with van der Waals surface area (Å²) in [4.78, 5) is 25.7. The van der Waals surface area contributed by atoms with Crippen LogP contribution in [0.4, 0.5) is 13.2 Å². The molecule has 0 saturated carbocycles. The van der Waals surface area contributed by atoms with E-state index in [4.69, 9.17) is 4.74 Å². The standard InChI is InChI=1S/C18H19F3N2O4S/c1-23(17(26)15-3-2-8-28-15)10-16(25)22-9-13(24)11-27-14-6-4-12(5-7-14)18(19,20)21/h2-8,13,24H,9-11H2,1H3,(H,22,25). The van der Waals surface area contributed by atoms with E-state index in [2.05, 4.69) is 5.32 Å². The molecule has 0 bridgehead atoms. The van der Waals surface area contributed by atoms with Crippen LogP contribution in [0.5, 0.6) is 5.75 Å². The summed E-state index contributed by atoms with van der Waals surface area (Å²) in [7, 11) is 1.49. The number of alkyl halides is 3. The van der Waals surface area contributed by atoms with E-state index < -0.39 is 23.8 Å². The molecule has 1 atom stereocenters. The van der Waals surface area contributed by atoms with Gasteiger partial charge in [-0.05, 0) is 35.7 Å². The number of likely N-dealkylation sites (N-methyl/N-ethyl adjacent to an activating group) is 1. The lowest BCUT2D eigenvalue weighted by Gasteiger charge is -2.17. The van der Waals surface area contributed by atoms with Crippen LogP contribution in [-0.2, 0) is 11.0 Å². The summed E-state index contributed by atoms with van der Waals surface area (Å²) < 4.78 is 42.7. The minimum absolute atomic E-state index is 0.125. The summed E-state index contributed by atoms with van der Waals surface area (Å²) in [6.45, 7) is -0.515. The van der Waals surface area contributed by atoms with Crippen LogP contribution in [-0.4, -0.2) is 54.7 Å². The van der Waals surface area contributed by atoms with Crippen molar-refractivity contribution in [3.8, 4) is 5.75 Å². The minimum atomic E-state index is -4.43. The third kappa shape index (κ3) is 6.54. The van der Waals surface area contributed by atoms with E-state index in [-0.39, 0.29) is 31.4 Å². The Hall–Kier alpha value is -2.59. The SMILES string of the molecule is CN(CC(=O)NCC(O)COc1ccc(C(F)(F)F)cc1)C(=O)c1cccs1. The second-order valence-electron chi connectivity index (χ2n) is 5.93. The van der Waals surface area contributed by atoms with E-state index in [1.165, 1.54) is 23.3 Å². The van der Waals surface area contributed by atoms with Crippen LogP contribution in [0.25, 0.3) is 0 Å². The molecule has 0 aliphatic carbocycles. The first-order valence-electron chi connectivity index (χ1n) is 8.20. The zero-order valence-electron chi connectivity index (χ0n) is 14.9. The van der Waals surface area contributed by atoms with Crippen molar-refractivity contribution in [3.63, 3.8) is 0 Å². The normalized spacial score (nSPS) is 12.3. The zero-order valence-corrected chi connectivity index (χ0v) is 15.7. The van der Waals surface area contributed by atoms with E-state index in [0.717, 1.165) is 24.3 Å². The van der Waals surface area contributed by atoms with Crippen molar-refractivity contribution in [2.75, 3.05) is 26.7 Å². The Bertz CT molecular complexity index is 779. The summed E-state index contributed by atoms with van der Waals surface area (Å²) in [6.07, 6.45) is -5.50. The fraction of sp³-hybridized carbons (Fsp3) is 0.333. The Morgan fingerprint density at radius 1 is 1.25 bits per heavy atom. The Morgan fingerprint density at radius 2 is 1.93 bits per heavy atom. The van der Waals surface area contributed by atoms with Crippen molar-refractivity contribution in [2.45, 2.75) is 12.3 Å². The molecular weight excluding hydrogens is 397 g/mol. The van der Waals surface area contributed by atoms with Gasteiger partial charge in [0.2, 0.25) is 5.91 Å². The fourth-order valence-electron chi connectivity index (χ4n) is 2.15. The number of carbonyl (C=O) groups excluding carboxylic acids is 2. The number of halogens is 3. The van der Waals surface area contributed by atoms with Crippen LogP contribution in [0.3, 0.4) is 0 Å². The highest BCUT2D eigenvalue weighted by Crippen LogP contribution is 2.30. The highest BCUT2D eigenvalue weighted by molar-refractivity contribution is 7.12. The number of amides is 2. The molecule has 2 amide bonds. The number of carbonyl (C=O) groups is 2. The maximum atomic E-state index is 12.5. The quantitative estimate of drug-likeness (QED) is 0.693. The van der Waals surface area contributed by atoms with Gasteiger partial charge in [0, 0.05) is 13.6 Å². The predicted octanol–water partition coefficient (Wildman–Crippen LogP) is 2.40. The van der Waals surface area contributed by atoms with Crippen molar-refractivity contribution < 1.29 is 32.6 Å². The van der Waals surface area contributed by atoms with Gasteiger partial charge in [-0.3, -0.25) is 9.59 Å². The average molecular weight is 416 g/mol. The van der Waals surface area contributed by atoms with Crippen molar-refractivity contribution in [1.29, 1.82) is 0 Å². The number of benzene rings is 1. The van der Waals surface area contributed by atoms with Crippen molar-refractivity contribution in [3.05, 3.63) is 52.2 Å². The summed E-state index contributed by atoms with van der Waals surface area (Å²) in [5, 5.41) is 14.1. The van der Waals surface area contributed by atoms with Crippen LogP contribution in [0.1, 0.15) is 15.2 Å². The number of ether oxygens (including phenoxy) is 1. The molecule has 152 valence electrons. The first-order valence-corrected chi connectivity index (χ1v) is 9.08. The molecule has 2 N–H and O–H groups in total. The van der Waals surface area contributed by atoms with Crippen LogP contribution in [0.2, 0.25) is 0 Å². The largest absolute Gasteiger partial charge is 0.491 e. The number of nitrogens with one attached hydrogen (secondary N) is 1. The van der Waals surface area contributed by atoms with Gasteiger partial charge in [0.1, 0.15) is 18.5 Å². The van der Waals surface area contributed by atoms with E-state index in [1.54, 1.807) is 17.5 Å². The summed E-state index contributed by atoms with van der Waals surface area (Å²) in [5.74, 6) is -0.572. The van der Waals surface area contributed by atoms with E-state index in [1.807, 2.05) is 0 Å². The summed E-state index contributed by atoms with van der Waals surface area (Å²) in [6, 6.07) is 7.45. The van der Waals surface area contributed by atoms with E-state index in [0.29, 0.717) is 4.88 Å². The van der Waals surface area contributed by atoms with Gasteiger partial charge < -0.3 is 20.1 Å². The molecule has 0 spiro atoms. The lowest BCUT2D eigenvalue weighted by Crippen LogP contribution is -2.42. The highest BCUT2D eigenvalue weighted by atomic mass is 32.1. The van der Waals surface area contributed by atoms with Gasteiger partial charge in [0.25, 0.3) is 5.91 Å². The lowest BCUT2D eigenvalue weighted by atomic mass is 10.2. The molecule has 28 heavy (non-hydrogen) atoms. The van der Waals surface area contributed by atoms with Crippen LogP contribution in [0.15, 0.2) is 41.8 Å². The van der Waals surface area contributed by atoms with Crippen LogP contribution in [0, 0.1) is 0 Å². The number of rotatable bonds is 8. The molecule has 1 aromatic carbocycles. The second-order valence-corrected chi connectivity index (χ2v) is 6.88. The first kappa shape index (κ1) is 21.7. The molecule has 0 fully saturated rings. The molecule has 2 aromatic rings. The molecule has 0 saturated heterocycles. The Kier molecular flexibility index (Phi) is 7.41. The summed E-state index contributed by atoms with van der Waals surface area (Å²) >= 11 is 1.27. The monoisotopic (exact) mass is 416 g/mol. The van der Waals surface area contributed by atoms with Gasteiger partial charge in [-0.1, -0.05) is 6.07 Å². The third-order valence-electron chi connectivity index (χ3n) is 3.62. The maximum Gasteiger partial charge on any atom is 0.416 e. The Morgan fingerprint density at radius 3 is 2.50 bits per heavy atom. The molecule has 2 rings (SSSR count). The molecule has 6 nitrogen and oxygen atoms in total. The van der Waals surface area contributed by atoms with Crippen molar-refractivity contribution >= 4 is 23.2 Å². The molecule has 1 unspecified atom stereocenters. The van der Waals surface area contributed by atoms with Gasteiger partial charge in [0.05, 0.1) is 17.0 Å². The minimum Gasteiger partial charge on any atom is -0.491 e. The van der Waals surface area contributed by atoms with Gasteiger partial charge in [0.15, 0.2) is 0 Å². The van der Waals surface area contributed by atoms with Crippen molar-refractivity contribution in [1.82, 2.24) is 10.2 Å². The second kappa shape index (κ2) is 9.56. The number of aliphatic hydroxyl groups is 1. The topological polar surface area (TPSA) is 78.9 Å². The van der Waals surface area contributed by atoms with Crippen LogP contribution < -0.4 is 10.1 Å². The molecule has 1 aromatic heterocycles. The lowest BCUT2D eigenvalue weighted by molar-refractivity contribution is -0.137. The average Bonchev–Trinajstić information content (AvgIpc) is 3.18. The molecule has 0 aliphatic rings. The highest BCUT2D eigenvalue weighted by Gasteiger charge is 2.30. The number of hydrogen-bond acceptors (Lipinski definition) is 5. The number of aliphatic hydroxyl groups excluding tert-OH is 1. The molecule has 1 heterocycles. The van der Waals surface area contributed by atoms with Gasteiger partial charge in [-0.25, -0.2) is 0 Å². The predicted molar refractivity (Wildman–Crippen MR) is 97.2 cm³/mol. The number of hydrogen-bond donors (Lipinski definition) is 2. The third-order valence-corrected chi connectivity index (χ3v) is 4.48. The van der Waals surface area contributed by atoms with Gasteiger partial charge >= 0.3 is 6.18 Å². The van der Waals surface area contributed by atoms with Crippen LogP contribution >= 0.6 is 11.3 Å². The number of nitrogens with zero attached hydrogens (tertiary/aromatic N) is 1. The smallest absolute Gasteiger partial charge is 0.416 e. The molecule has 0 aliphatic heterocycles. The Balaban J connectivity index is 1.71. The van der Waals surface area contributed by atoms with Gasteiger partial charge in [-0.2, -0.15) is 13.2 Å². The van der Waals surface area contributed by atoms with E-state index >= 15 is 0 Å². The maximum absolute atomic E-state index is 12.5. The summed E-state index contributed by atoms with van der Waals surface area (Å²) in [5.41, 5.74) is -0.797.